The van der Waals surface area contributed by atoms with E-state index in [1.807, 2.05) is 29.2 Å². The second-order valence-electron chi connectivity index (χ2n) is 9.99. The Hall–Kier alpha value is -2.17. The maximum atomic E-state index is 13.7. The van der Waals surface area contributed by atoms with E-state index in [-0.39, 0.29) is 22.3 Å². The number of anilines is 2. The number of nitrogens with zero attached hydrogens (tertiary/aromatic N) is 3. The molecule has 2 aliphatic heterocycles. The predicted molar refractivity (Wildman–Crippen MR) is 140 cm³/mol. The summed E-state index contributed by atoms with van der Waals surface area (Å²) >= 11 is 11.5. The SMILES string of the molecule is C[C@@H]1C[C@H](C)CN(c2cc(C(F)(F)F)nc(NC(=S)NCC3(c4ccc(Cl)cc4)CCOCC3)n2)C1. The van der Waals surface area contributed by atoms with Gasteiger partial charge in [0.25, 0.3) is 0 Å². The number of piperidine rings is 1. The van der Waals surface area contributed by atoms with Gasteiger partial charge in [-0.25, -0.2) is 4.98 Å². The number of alkyl halides is 3. The summed E-state index contributed by atoms with van der Waals surface area (Å²) in [6, 6.07) is 8.71. The molecule has 0 bridgehead atoms. The third-order valence-corrected chi connectivity index (χ3v) is 7.41. The Bertz CT molecular complexity index is 1050. The Labute approximate surface area is 220 Å². The van der Waals surface area contributed by atoms with Crippen molar-refractivity contribution in [2.24, 2.45) is 11.8 Å². The van der Waals surface area contributed by atoms with Crippen molar-refractivity contribution >= 4 is 40.7 Å². The molecule has 0 radical (unpaired) electrons. The first-order chi connectivity index (χ1) is 17.0. The molecule has 2 fully saturated rings. The minimum atomic E-state index is -4.60. The van der Waals surface area contributed by atoms with Crippen LogP contribution in [0.15, 0.2) is 30.3 Å². The number of ether oxygens (including phenoxy) is 1. The van der Waals surface area contributed by atoms with Crippen LogP contribution in [-0.2, 0) is 16.3 Å². The van der Waals surface area contributed by atoms with Gasteiger partial charge in [0.2, 0.25) is 5.95 Å². The molecule has 1 aromatic carbocycles. The Morgan fingerprint density at radius 3 is 2.39 bits per heavy atom. The molecule has 4 rings (SSSR count). The van der Waals surface area contributed by atoms with Crippen molar-refractivity contribution in [2.45, 2.75) is 44.7 Å². The summed E-state index contributed by atoms with van der Waals surface area (Å²) in [6.07, 6.45) is -2.01. The lowest BCUT2D eigenvalue weighted by atomic mass is 9.74. The van der Waals surface area contributed by atoms with E-state index < -0.39 is 11.9 Å². The van der Waals surface area contributed by atoms with Crippen LogP contribution in [0.25, 0.3) is 0 Å². The number of thiocarbonyl (C=S) groups is 1. The monoisotopic (exact) mass is 541 g/mol. The van der Waals surface area contributed by atoms with Crippen LogP contribution in [0.3, 0.4) is 0 Å². The zero-order chi connectivity index (χ0) is 25.9. The number of aromatic nitrogens is 2. The highest BCUT2D eigenvalue weighted by atomic mass is 35.5. The van der Waals surface area contributed by atoms with Crippen LogP contribution in [-0.4, -0.2) is 47.9 Å². The van der Waals surface area contributed by atoms with Crippen molar-refractivity contribution in [2.75, 3.05) is 43.1 Å². The van der Waals surface area contributed by atoms with Gasteiger partial charge in [-0.2, -0.15) is 18.2 Å². The first kappa shape index (κ1) is 26.9. The van der Waals surface area contributed by atoms with Gasteiger partial charge < -0.3 is 20.3 Å². The summed E-state index contributed by atoms with van der Waals surface area (Å²) < 4.78 is 46.5. The molecular formula is C25H31ClF3N5OS. The number of hydrogen-bond acceptors (Lipinski definition) is 5. The van der Waals surface area contributed by atoms with Crippen LogP contribution in [0, 0.1) is 11.8 Å². The molecule has 2 saturated heterocycles. The minimum absolute atomic E-state index is 0.167. The highest BCUT2D eigenvalue weighted by Gasteiger charge is 2.36. The maximum absolute atomic E-state index is 13.7. The number of halogens is 4. The van der Waals surface area contributed by atoms with Crippen molar-refractivity contribution in [3.05, 3.63) is 46.6 Å². The molecule has 11 heteroatoms. The second-order valence-corrected chi connectivity index (χ2v) is 10.8. The van der Waals surface area contributed by atoms with Gasteiger partial charge in [0.1, 0.15) is 5.82 Å². The van der Waals surface area contributed by atoms with Gasteiger partial charge in [-0.3, -0.25) is 0 Å². The van der Waals surface area contributed by atoms with Crippen LogP contribution in [0.4, 0.5) is 24.9 Å². The largest absolute Gasteiger partial charge is 0.433 e. The lowest BCUT2D eigenvalue weighted by Crippen LogP contribution is -2.45. The Balaban J connectivity index is 1.51. The summed E-state index contributed by atoms with van der Waals surface area (Å²) in [6.45, 7) is 7.18. The Morgan fingerprint density at radius 2 is 1.78 bits per heavy atom. The van der Waals surface area contributed by atoms with Gasteiger partial charge in [-0.1, -0.05) is 37.6 Å². The molecule has 0 amide bonds. The zero-order valence-corrected chi connectivity index (χ0v) is 21.9. The molecule has 1 aromatic heterocycles. The number of rotatable bonds is 5. The van der Waals surface area contributed by atoms with Gasteiger partial charge in [-0.05, 0) is 61.0 Å². The second kappa shape index (κ2) is 11.1. The van der Waals surface area contributed by atoms with E-state index in [0.29, 0.717) is 49.7 Å². The van der Waals surface area contributed by atoms with Crippen LogP contribution in [0.1, 0.15) is 44.4 Å². The van der Waals surface area contributed by atoms with Gasteiger partial charge in [0.05, 0.1) is 0 Å². The lowest BCUT2D eigenvalue weighted by molar-refractivity contribution is -0.141. The molecule has 2 aromatic rings. The molecule has 196 valence electrons. The van der Waals surface area contributed by atoms with E-state index in [4.69, 9.17) is 28.6 Å². The number of benzene rings is 1. The molecule has 0 aliphatic carbocycles. The molecular weight excluding hydrogens is 511 g/mol. The summed E-state index contributed by atoms with van der Waals surface area (Å²) in [5.41, 5.74) is -0.128. The molecule has 2 N–H and O–H groups in total. The average molecular weight is 542 g/mol. The lowest BCUT2D eigenvalue weighted by Gasteiger charge is -2.38. The van der Waals surface area contributed by atoms with Crippen molar-refractivity contribution in [1.29, 1.82) is 0 Å². The molecule has 2 aliphatic rings. The van der Waals surface area contributed by atoms with E-state index in [2.05, 4.69) is 34.4 Å². The highest BCUT2D eigenvalue weighted by molar-refractivity contribution is 7.80. The van der Waals surface area contributed by atoms with Crippen LogP contribution >= 0.6 is 23.8 Å². The van der Waals surface area contributed by atoms with E-state index in [9.17, 15) is 13.2 Å². The fourth-order valence-corrected chi connectivity index (χ4v) is 5.47. The molecule has 0 unspecified atom stereocenters. The van der Waals surface area contributed by atoms with Crippen LogP contribution in [0.2, 0.25) is 5.02 Å². The standard InChI is InChI=1S/C25H31ClF3N5OS/c1-16-11-17(2)14-34(13-16)21-12-20(25(27,28)29)31-22(32-21)33-23(36)30-15-24(7-9-35-10-8-24)18-3-5-19(26)6-4-18/h3-6,12,16-17H,7-11,13-15H2,1-2H3,(H2,30,31,32,33,36)/t16-,17+. The third-order valence-electron chi connectivity index (χ3n) is 6.92. The normalized spacial score (nSPS) is 22.2. The van der Waals surface area contributed by atoms with Crippen molar-refractivity contribution in [3.63, 3.8) is 0 Å². The van der Waals surface area contributed by atoms with Crippen molar-refractivity contribution < 1.29 is 17.9 Å². The molecule has 0 saturated carbocycles. The average Bonchev–Trinajstić information content (AvgIpc) is 2.82. The van der Waals surface area contributed by atoms with E-state index in [1.165, 1.54) is 0 Å². The molecule has 6 nitrogen and oxygen atoms in total. The summed E-state index contributed by atoms with van der Waals surface area (Å²) in [5.74, 6) is 0.806. The van der Waals surface area contributed by atoms with Gasteiger partial charge in [-0.15, -0.1) is 0 Å². The minimum Gasteiger partial charge on any atom is -0.381 e. The predicted octanol–water partition coefficient (Wildman–Crippen LogP) is 5.67. The fourth-order valence-electron chi connectivity index (χ4n) is 5.18. The quantitative estimate of drug-likeness (QED) is 0.473. The molecule has 36 heavy (non-hydrogen) atoms. The summed E-state index contributed by atoms with van der Waals surface area (Å²) in [7, 11) is 0. The molecule has 0 spiro atoms. The van der Waals surface area contributed by atoms with E-state index >= 15 is 0 Å². The highest BCUT2D eigenvalue weighted by Crippen LogP contribution is 2.35. The number of nitrogens with one attached hydrogen (secondary N) is 2. The zero-order valence-electron chi connectivity index (χ0n) is 20.4. The Morgan fingerprint density at radius 1 is 1.14 bits per heavy atom. The third kappa shape index (κ3) is 6.58. The summed E-state index contributed by atoms with van der Waals surface area (Å²) in [5, 5.41) is 6.80. The summed E-state index contributed by atoms with van der Waals surface area (Å²) in [4.78, 5) is 10.0. The van der Waals surface area contributed by atoms with Crippen molar-refractivity contribution in [1.82, 2.24) is 15.3 Å². The maximum Gasteiger partial charge on any atom is 0.433 e. The smallest absolute Gasteiger partial charge is 0.381 e. The van der Waals surface area contributed by atoms with E-state index in [0.717, 1.165) is 30.9 Å². The topological polar surface area (TPSA) is 62.3 Å². The van der Waals surface area contributed by atoms with Gasteiger partial charge in [0.15, 0.2) is 10.8 Å². The van der Waals surface area contributed by atoms with Gasteiger partial charge >= 0.3 is 6.18 Å². The molecule has 3 heterocycles. The van der Waals surface area contributed by atoms with Gasteiger partial charge in [0, 0.05) is 49.4 Å². The fraction of sp³-hybridized carbons (Fsp3) is 0.560. The Kier molecular flexibility index (Phi) is 8.26. The van der Waals surface area contributed by atoms with E-state index in [1.54, 1.807) is 0 Å². The molecule has 2 atom stereocenters. The first-order valence-corrected chi connectivity index (χ1v) is 12.9. The number of hydrogen-bond donors (Lipinski definition) is 2. The van der Waals surface area contributed by atoms with Crippen molar-refractivity contribution in [3.8, 4) is 0 Å². The van der Waals surface area contributed by atoms with Crippen LogP contribution < -0.4 is 15.5 Å². The first-order valence-electron chi connectivity index (χ1n) is 12.1. The van der Waals surface area contributed by atoms with Crippen LogP contribution in [0.5, 0.6) is 0 Å².